The highest BCUT2D eigenvalue weighted by Gasteiger charge is 2.14. The maximum atomic E-state index is 11.8. The van der Waals surface area contributed by atoms with Crippen molar-refractivity contribution in [2.45, 2.75) is 33.4 Å². The minimum Gasteiger partial charge on any atom is -0.477 e. The number of carbonyl (C=O) groups is 2. The lowest BCUT2D eigenvalue weighted by Crippen LogP contribution is -2.40. The first-order valence-corrected chi connectivity index (χ1v) is 6.05. The molecule has 1 aromatic rings. The first-order chi connectivity index (χ1) is 8.82. The van der Waals surface area contributed by atoms with Gasteiger partial charge < -0.3 is 15.0 Å². The molecule has 1 unspecified atom stereocenters. The molecule has 0 spiro atoms. The summed E-state index contributed by atoms with van der Waals surface area (Å²) in [4.78, 5) is 34.3. The third-order valence-electron chi connectivity index (χ3n) is 2.95. The highest BCUT2D eigenvalue weighted by molar-refractivity contribution is 5.87. The topological polar surface area (TPSA) is 88.4 Å². The molecule has 0 radical (unpaired) electrons. The molecule has 0 saturated carbocycles. The molecule has 6 nitrogen and oxygen atoms in total. The van der Waals surface area contributed by atoms with Crippen LogP contribution in [0.5, 0.6) is 0 Å². The molecule has 1 aromatic heterocycles. The number of carboxylic acid groups (broad SMARTS) is 1. The molecule has 1 amide bonds. The third kappa shape index (κ3) is 3.94. The number of hydrogen-bond donors (Lipinski definition) is 2. The number of aromatic carboxylic acids is 1. The van der Waals surface area contributed by atoms with Crippen LogP contribution in [-0.2, 0) is 11.3 Å². The Morgan fingerprint density at radius 1 is 1.37 bits per heavy atom. The number of hydrogen-bond acceptors (Lipinski definition) is 3. The lowest BCUT2D eigenvalue weighted by Gasteiger charge is -2.17. The lowest BCUT2D eigenvalue weighted by atomic mass is 10.1. The summed E-state index contributed by atoms with van der Waals surface area (Å²) in [6.45, 7) is 5.64. The van der Waals surface area contributed by atoms with Crippen molar-refractivity contribution >= 4 is 11.9 Å². The summed E-state index contributed by atoms with van der Waals surface area (Å²) in [5.41, 5.74) is -1.02. The van der Waals surface area contributed by atoms with E-state index in [-0.39, 0.29) is 30.0 Å². The monoisotopic (exact) mass is 266 g/mol. The minimum atomic E-state index is -1.30. The van der Waals surface area contributed by atoms with E-state index in [2.05, 4.69) is 5.32 Å². The van der Waals surface area contributed by atoms with Crippen LogP contribution in [-0.4, -0.2) is 27.6 Å². The summed E-state index contributed by atoms with van der Waals surface area (Å²) in [5, 5.41) is 11.6. The maximum absolute atomic E-state index is 11.8. The molecular formula is C13H18N2O4. The van der Waals surface area contributed by atoms with Gasteiger partial charge in [0.15, 0.2) is 0 Å². The number of aromatic nitrogens is 1. The van der Waals surface area contributed by atoms with Crippen LogP contribution < -0.4 is 10.9 Å². The van der Waals surface area contributed by atoms with E-state index >= 15 is 0 Å². The first-order valence-electron chi connectivity index (χ1n) is 6.05. The van der Waals surface area contributed by atoms with Crippen molar-refractivity contribution in [3.63, 3.8) is 0 Å². The fraction of sp³-hybridized carbons (Fsp3) is 0.462. The lowest BCUT2D eigenvalue weighted by molar-refractivity contribution is -0.122. The molecule has 0 aliphatic heterocycles. The second-order valence-corrected chi connectivity index (χ2v) is 4.76. The van der Waals surface area contributed by atoms with Gasteiger partial charge in [-0.1, -0.05) is 13.8 Å². The Hall–Kier alpha value is -2.11. The minimum absolute atomic E-state index is 0.00846. The normalized spacial score (nSPS) is 12.2. The Morgan fingerprint density at radius 3 is 2.53 bits per heavy atom. The largest absolute Gasteiger partial charge is 0.477 e. The quantitative estimate of drug-likeness (QED) is 0.821. The van der Waals surface area contributed by atoms with Gasteiger partial charge in [0.05, 0.1) is 0 Å². The maximum Gasteiger partial charge on any atom is 0.341 e. The van der Waals surface area contributed by atoms with Crippen LogP contribution in [0.3, 0.4) is 0 Å². The molecule has 1 rings (SSSR count). The van der Waals surface area contributed by atoms with E-state index < -0.39 is 11.5 Å². The van der Waals surface area contributed by atoms with E-state index in [0.717, 1.165) is 4.57 Å². The SMILES string of the molecule is CC(C)C(C)NC(=O)Cn1cccc(C(=O)O)c1=O. The van der Waals surface area contributed by atoms with E-state index in [1.54, 1.807) is 0 Å². The van der Waals surface area contributed by atoms with Crippen molar-refractivity contribution in [1.29, 1.82) is 0 Å². The molecule has 104 valence electrons. The van der Waals surface area contributed by atoms with E-state index in [9.17, 15) is 14.4 Å². The summed E-state index contributed by atoms with van der Waals surface area (Å²) < 4.78 is 1.09. The standard InChI is InChI=1S/C13H18N2O4/c1-8(2)9(3)14-11(16)7-15-6-4-5-10(12(15)17)13(18)19/h4-6,8-9H,7H2,1-3H3,(H,14,16)(H,18,19). The summed E-state index contributed by atoms with van der Waals surface area (Å²) in [7, 11) is 0. The number of rotatable bonds is 5. The third-order valence-corrected chi connectivity index (χ3v) is 2.95. The van der Waals surface area contributed by atoms with E-state index in [0.29, 0.717) is 0 Å². The van der Waals surface area contributed by atoms with Gasteiger partial charge in [0.2, 0.25) is 5.91 Å². The fourth-order valence-corrected chi connectivity index (χ4v) is 1.45. The highest BCUT2D eigenvalue weighted by Crippen LogP contribution is 1.99. The number of pyridine rings is 1. The fourth-order valence-electron chi connectivity index (χ4n) is 1.45. The highest BCUT2D eigenvalue weighted by atomic mass is 16.4. The summed E-state index contributed by atoms with van der Waals surface area (Å²) in [6, 6.07) is 2.64. The van der Waals surface area contributed by atoms with Gasteiger partial charge in [-0.2, -0.15) is 0 Å². The van der Waals surface area contributed by atoms with Crippen molar-refractivity contribution in [1.82, 2.24) is 9.88 Å². The molecule has 0 aliphatic rings. The van der Waals surface area contributed by atoms with Gasteiger partial charge in [0, 0.05) is 12.2 Å². The second-order valence-electron chi connectivity index (χ2n) is 4.76. The summed E-state index contributed by atoms with van der Waals surface area (Å²) >= 11 is 0. The molecule has 19 heavy (non-hydrogen) atoms. The zero-order valence-corrected chi connectivity index (χ0v) is 11.2. The molecule has 6 heteroatoms. The van der Waals surface area contributed by atoms with Crippen molar-refractivity contribution in [3.8, 4) is 0 Å². The van der Waals surface area contributed by atoms with Crippen molar-refractivity contribution < 1.29 is 14.7 Å². The first kappa shape index (κ1) is 14.9. The number of amides is 1. The van der Waals surface area contributed by atoms with Crippen LogP contribution in [0.2, 0.25) is 0 Å². The van der Waals surface area contributed by atoms with E-state index in [1.165, 1.54) is 18.3 Å². The molecule has 1 atom stereocenters. The van der Waals surface area contributed by atoms with Crippen LogP contribution in [0.4, 0.5) is 0 Å². The van der Waals surface area contributed by atoms with Gasteiger partial charge >= 0.3 is 5.97 Å². The van der Waals surface area contributed by atoms with Gasteiger partial charge in [-0.25, -0.2) is 4.79 Å². The molecule has 2 N–H and O–H groups in total. The van der Waals surface area contributed by atoms with Gasteiger partial charge in [-0.15, -0.1) is 0 Å². The van der Waals surface area contributed by atoms with Crippen molar-refractivity contribution in [3.05, 3.63) is 34.2 Å². The summed E-state index contributed by atoms with van der Waals surface area (Å²) in [5.74, 6) is -1.33. The number of carboxylic acids is 1. The average molecular weight is 266 g/mol. The molecule has 0 fully saturated rings. The summed E-state index contributed by atoms with van der Waals surface area (Å²) in [6.07, 6.45) is 1.40. The Balaban J connectivity index is 2.84. The van der Waals surface area contributed by atoms with Crippen molar-refractivity contribution in [2.75, 3.05) is 0 Å². The van der Waals surface area contributed by atoms with Crippen LogP contribution in [0.15, 0.2) is 23.1 Å². The average Bonchev–Trinajstić information content (AvgIpc) is 2.31. The number of carbonyl (C=O) groups excluding carboxylic acids is 1. The molecule has 0 aliphatic carbocycles. The zero-order chi connectivity index (χ0) is 14.6. The molecule has 1 heterocycles. The number of nitrogens with zero attached hydrogens (tertiary/aromatic N) is 1. The van der Waals surface area contributed by atoms with Gasteiger partial charge in [-0.05, 0) is 25.0 Å². The van der Waals surface area contributed by atoms with Crippen LogP contribution >= 0.6 is 0 Å². The van der Waals surface area contributed by atoms with Crippen molar-refractivity contribution in [2.24, 2.45) is 5.92 Å². The second kappa shape index (κ2) is 6.17. The Kier molecular flexibility index (Phi) is 4.86. The van der Waals surface area contributed by atoms with Gasteiger partial charge in [0.25, 0.3) is 5.56 Å². The van der Waals surface area contributed by atoms with Crippen LogP contribution in [0, 0.1) is 5.92 Å². The Morgan fingerprint density at radius 2 is 2.00 bits per heavy atom. The van der Waals surface area contributed by atoms with Gasteiger partial charge in [-0.3, -0.25) is 9.59 Å². The zero-order valence-electron chi connectivity index (χ0n) is 11.2. The predicted molar refractivity (Wildman–Crippen MR) is 70.1 cm³/mol. The molecule has 0 aromatic carbocycles. The van der Waals surface area contributed by atoms with Crippen LogP contribution in [0.1, 0.15) is 31.1 Å². The molecular weight excluding hydrogens is 248 g/mol. The predicted octanol–water partition coefficient (Wildman–Crippen LogP) is 0.707. The molecule has 0 bridgehead atoms. The Bertz CT molecular complexity index is 534. The van der Waals surface area contributed by atoms with Gasteiger partial charge in [0.1, 0.15) is 12.1 Å². The van der Waals surface area contributed by atoms with E-state index in [1.807, 2.05) is 20.8 Å². The number of nitrogens with one attached hydrogen (secondary N) is 1. The van der Waals surface area contributed by atoms with Crippen LogP contribution in [0.25, 0.3) is 0 Å². The molecule has 0 saturated heterocycles. The Labute approximate surface area is 111 Å². The van der Waals surface area contributed by atoms with E-state index in [4.69, 9.17) is 5.11 Å². The smallest absolute Gasteiger partial charge is 0.341 e.